The van der Waals surface area contributed by atoms with Gasteiger partial charge in [-0.2, -0.15) is 0 Å². The Labute approximate surface area is 74.5 Å². The summed E-state index contributed by atoms with van der Waals surface area (Å²) in [6.45, 7) is 0. The number of carbonyl (C=O) groups is 2. The molecule has 0 unspecified atom stereocenters. The van der Waals surface area contributed by atoms with Gasteiger partial charge in [-0.3, -0.25) is 9.59 Å². The van der Waals surface area contributed by atoms with Gasteiger partial charge < -0.3 is 5.21 Å². The molecule has 1 rings (SSSR count). The highest BCUT2D eigenvalue weighted by atomic mass is 16.4. The zero-order valence-corrected chi connectivity index (χ0v) is 6.68. The Balaban J connectivity index is 3.21. The molecular weight excluding hydrogens is 170 g/mol. The molecule has 0 aliphatic carbocycles. The first-order valence-corrected chi connectivity index (χ1v) is 3.53. The molecule has 0 aromatic heterocycles. The normalized spacial score (nSPS) is 10.2. The Bertz CT molecular complexity index is 332. The van der Waals surface area contributed by atoms with Crippen LogP contribution in [0.4, 0.5) is 0 Å². The molecular formula is C9H7NO3. The van der Waals surface area contributed by atoms with Gasteiger partial charge in [-0.05, 0) is 23.8 Å². The molecule has 0 heterocycles. The van der Waals surface area contributed by atoms with Crippen molar-refractivity contribution in [1.29, 1.82) is 0 Å². The van der Waals surface area contributed by atoms with Crippen molar-refractivity contribution in [1.82, 2.24) is 0 Å². The Kier molecular flexibility index (Phi) is 2.92. The maximum absolute atomic E-state index is 10.4. The highest BCUT2D eigenvalue weighted by Gasteiger charge is 1.97. The molecule has 0 amide bonds. The lowest BCUT2D eigenvalue weighted by Gasteiger charge is -1.96. The molecule has 0 saturated heterocycles. The first-order valence-electron chi connectivity index (χ1n) is 3.53. The fourth-order valence-corrected chi connectivity index (χ4v) is 0.980. The average molecular weight is 177 g/mol. The summed E-state index contributed by atoms with van der Waals surface area (Å²) in [6.07, 6.45) is 2.41. The van der Waals surface area contributed by atoms with Crippen molar-refractivity contribution in [2.45, 2.75) is 0 Å². The zero-order chi connectivity index (χ0) is 9.68. The lowest BCUT2D eigenvalue weighted by molar-refractivity contribution is 0.112. The van der Waals surface area contributed by atoms with Crippen LogP contribution in [0.25, 0.3) is 0 Å². The van der Waals surface area contributed by atoms with E-state index in [1.165, 1.54) is 18.2 Å². The summed E-state index contributed by atoms with van der Waals surface area (Å²) in [5.41, 5.74) is 1.26. The summed E-state index contributed by atoms with van der Waals surface area (Å²) < 4.78 is 0. The maximum atomic E-state index is 10.4. The Morgan fingerprint density at radius 2 is 1.46 bits per heavy atom. The molecule has 0 fully saturated rings. The second kappa shape index (κ2) is 4.15. The molecule has 0 aliphatic rings. The topological polar surface area (TPSA) is 66.7 Å². The van der Waals surface area contributed by atoms with E-state index >= 15 is 0 Å². The number of rotatable bonds is 3. The highest BCUT2D eigenvalue weighted by Crippen LogP contribution is 2.05. The van der Waals surface area contributed by atoms with Crippen molar-refractivity contribution in [3.8, 4) is 0 Å². The second-order valence-corrected chi connectivity index (χ2v) is 2.41. The van der Waals surface area contributed by atoms with Crippen molar-refractivity contribution >= 4 is 18.8 Å². The summed E-state index contributed by atoms with van der Waals surface area (Å²) in [5.74, 6) is 0. The fourth-order valence-electron chi connectivity index (χ4n) is 0.980. The van der Waals surface area contributed by atoms with E-state index in [-0.39, 0.29) is 0 Å². The van der Waals surface area contributed by atoms with Crippen LogP contribution in [0.3, 0.4) is 0 Å². The van der Waals surface area contributed by atoms with Crippen molar-refractivity contribution < 1.29 is 14.8 Å². The summed E-state index contributed by atoms with van der Waals surface area (Å²) in [7, 11) is 0. The third-order valence-electron chi connectivity index (χ3n) is 1.48. The molecule has 0 atom stereocenters. The standard InChI is InChI=1S/C9H7NO3/c11-5-8-1-7(4-10-13)2-9(3-8)6-12/h1-6,13H. The van der Waals surface area contributed by atoms with Gasteiger partial charge in [0.15, 0.2) is 0 Å². The summed E-state index contributed by atoms with van der Waals surface area (Å²) in [4.78, 5) is 20.8. The molecule has 4 nitrogen and oxygen atoms in total. The van der Waals surface area contributed by atoms with Crippen LogP contribution < -0.4 is 0 Å². The molecule has 0 radical (unpaired) electrons. The van der Waals surface area contributed by atoms with Crippen LogP contribution >= 0.6 is 0 Å². The van der Waals surface area contributed by atoms with Crippen molar-refractivity contribution in [3.05, 3.63) is 34.9 Å². The molecule has 4 heteroatoms. The number of benzene rings is 1. The second-order valence-electron chi connectivity index (χ2n) is 2.41. The van der Waals surface area contributed by atoms with E-state index in [4.69, 9.17) is 5.21 Å². The Morgan fingerprint density at radius 1 is 1.00 bits per heavy atom. The molecule has 0 saturated carbocycles. The van der Waals surface area contributed by atoms with Crippen LogP contribution in [0.15, 0.2) is 23.4 Å². The minimum Gasteiger partial charge on any atom is -0.411 e. The molecule has 0 spiro atoms. The lowest BCUT2D eigenvalue weighted by atomic mass is 10.1. The van der Waals surface area contributed by atoms with Crippen LogP contribution in [-0.4, -0.2) is 24.0 Å². The predicted molar refractivity (Wildman–Crippen MR) is 46.6 cm³/mol. The molecule has 66 valence electrons. The van der Waals surface area contributed by atoms with E-state index in [9.17, 15) is 9.59 Å². The van der Waals surface area contributed by atoms with Gasteiger partial charge in [0, 0.05) is 11.1 Å². The van der Waals surface area contributed by atoms with Gasteiger partial charge in [-0.25, -0.2) is 0 Å². The van der Waals surface area contributed by atoms with E-state index in [0.717, 1.165) is 6.21 Å². The van der Waals surface area contributed by atoms with Crippen molar-refractivity contribution in [2.24, 2.45) is 5.16 Å². The highest BCUT2D eigenvalue weighted by molar-refractivity contribution is 5.89. The quantitative estimate of drug-likeness (QED) is 0.325. The fraction of sp³-hybridized carbons (Fsp3) is 0. The third kappa shape index (κ3) is 2.23. The van der Waals surface area contributed by atoms with E-state index in [2.05, 4.69) is 5.16 Å². The number of carbonyl (C=O) groups excluding carboxylic acids is 2. The van der Waals surface area contributed by atoms with Gasteiger partial charge in [0.1, 0.15) is 12.6 Å². The van der Waals surface area contributed by atoms with Gasteiger partial charge in [0.2, 0.25) is 0 Å². The molecule has 0 aliphatic heterocycles. The smallest absolute Gasteiger partial charge is 0.150 e. The minimum absolute atomic E-state index is 0.375. The Morgan fingerprint density at radius 3 is 1.85 bits per heavy atom. The van der Waals surface area contributed by atoms with Crippen LogP contribution in [0.1, 0.15) is 26.3 Å². The first kappa shape index (κ1) is 9.12. The number of hydrogen-bond acceptors (Lipinski definition) is 4. The van der Waals surface area contributed by atoms with Crippen molar-refractivity contribution in [3.63, 3.8) is 0 Å². The van der Waals surface area contributed by atoms with E-state index in [0.29, 0.717) is 29.3 Å². The van der Waals surface area contributed by atoms with Crippen LogP contribution in [0.5, 0.6) is 0 Å². The van der Waals surface area contributed by atoms with Gasteiger partial charge in [-0.15, -0.1) is 0 Å². The van der Waals surface area contributed by atoms with Gasteiger partial charge in [-0.1, -0.05) is 5.16 Å². The lowest BCUT2D eigenvalue weighted by Crippen LogP contribution is -1.90. The van der Waals surface area contributed by atoms with E-state index in [1.807, 2.05) is 0 Å². The zero-order valence-electron chi connectivity index (χ0n) is 6.68. The number of nitrogens with zero attached hydrogens (tertiary/aromatic N) is 1. The number of oxime groups is 1. The summed E-state index contributed by atoms with van der Waals surface area (Å²) in [6, 6.07) is 4.48. The maximum Gasteiger partial charge on any atom is 0.150 e. The van der Waals surface area contributed by atoms with Crippen LogP contribution in [-0.2, 0) is 0 Å². The van der Waals surface area contributed by atoms with Crippen LogP contribution in [0.2, 0.25) is 0 Å². The Hall–Kier alpha value is -1.97. The molecule has 0 bridgehead atoms. The van der Waals surface area contributed by atoms with Gasteiger partial charge >= 0.3 is 0 Å². The predicted octanol–water partition coefficient (Wildman–Crippen LogP) is 1.12. The molecule has 1 aromatic carbocycles. The monoisotopic (exact) mass is 177 g/mol. The van der Waals surface area contributed by atoms with Crippen LogP contribution in [0, 0.1) is 0 Å². The molecule has 1 aromatic rings. The first-order chi connectivity index (χ1) is 6.30. The largest absolute Gasteiger partial charge is 0.411 e. The van der Waals surface area contributed by atoms with Crippen molar-refractivity contribution in [2.75, 3.05) is 0 Å². The summed E-state index contributed by atoms with van der Waals surface area (Å²) >= 11 is 0. The number of aldehydes is 2. The molecule has 1 N–H and O–H groups in total. The van der Waals surface area contributed by atoms with Gasteiger partial charge in [0.05, 0.1) is 6.21 Å². The molecule has 13 heavy (non-hydrogen) atoms. The third-order valence-corrected chi connectivity index (χ3v) is 1.48. The average Bonchev–Trinajstić information content (AvgIpc) is 2.17. The van der Waals surface area contributed by atoms with Gasteiger partial charge in [0.25, 0.3) is 0 Å². The number of hydrogen-bond donors (Lipinski definition) is 1. The summed E-state index contributed by atoms with van der Waals surface area (Å²) in [5, 5.41) is 11.0. The SMILES string of the molecule is O=Cc1cc(C=O)cc(C=NO)c1. The minimum atomic E-state index is 0.375. The van der Waals surface area contributed by atoms with E-state index in [1.54, 1.807) is 0 Å². The van der Waals surface area contributed by atoms with E-state index < -0.39 is 0 Å².